The van der Waals surface area contributed by atoms with Crippen molar-refractivity contribution >= 4 is 7.82 Å². The maximum atomic E-state index is 9.84. The van der Waals surface area contributed by atoms with Gasteiger partial charge in [0.05, 0.1) is 14.4 Å². The number of phosphoric acid groups is 1. The van der Waals surface area contributed by atoms with Crippen molar-refractivity contribution in [3.63, 3.8) is 0 Å². The highest BCUT2D eigenvalue weighted by molar-refractivity contribution is 7.43. The summed E-state index contributed by atoms with van der Waals surface area (Å²) in [5.74, 6) is 0. The summed E-state index contributed by atoms with van der Waals surface area (Å²) in [5, 5.41) is 0. The van der Waals surface area contributed by atoms with Gasteiger partial charge < -0.3 is 23.8 Å². The van der Waals surface area contributed by atoms with Crippen LogP contribution in [0.5, 0.6) is 0 Å². The first-order valence-corrected chi connectivity index (χ1v) is 4.19. The molecule has 0 bridgehead atoms. The van der Waals surface area contributed by atoms with Crippen LogP contribution in [0.25, 0.3) is 0 Å². The standard InChI is InChI=1S/C4H12NO4P/c1-5(2)3-4-9-10(6,7)8/h3-4H2,1-2H3,(H2,6,7,8)/p-2. The Morgan fingerprint density at radius 1 is 1.50 bits per heavy atom. The molecule has 0 aliphatic rings. The summed E-state index contributed by atoms with van der Waals surface area (Å²) < 4.78 is 13.8. The normalized spacial score (nSPS) is 12.5. The van der Waals surface area contributed by atoms with E-state index in [0.717, 1.165) is 0 Å². The lowest BCUT2D eigenvalue weighted by molar-refractivity contribution is -0.341. The Labute approximate surface area is 59.8 Å². The average molecular weight is 167 g/mol. The summed E-state index contributed by atoms with van der Waals surface area (Å²) in [6.07, 6.45) is 0. The lowest BCUT2D eigenvalue weighted by atomic mass is 10.6. The molecule has 0 rings (SSSR count). The highest BCUT2D eigenvalue weighted by Crippen LogP contribution is 2.23. The molecule has 0 N–H and O–H groups in total. The maximum absolute atomic E-state index is 9.84. The quantitative estimate of drug-likeness (QED) is 0.471. The molecule has 0 saturated heterocycles. The van der Waals surface area contributed by atoms with Crippen molar-refractivity contribution < 1.29 is 18.9 Å². The fraction of sp³-hybridized carbons (Fsp3) is 1.00. The molecule has 0 aromatic rings. The monoisotopic (exact) mass is 167 g/mol. The van der Waals surface area contributed by atoms with Crippen molar-refractivity contribution in [1.29, 1.82) is 0 Å². The van der Waals surface area contributed by atoms with Crippen molar-refractivity contribution in [3.05, 3.63) is 0 Å². The van der Waals surface area contributed by atoms with E-state index in [-0.39, 0.29) is 6.61 Å². The predicted octanol–water partition coefficient (Wildman–Crippen LogP) is -1.61. The van der Waals surface area contributed by atoms with E-state index in [1.165, 1.54) is 0 Å². The van der Waals surface area contributed by atoms with Crippen molar-refractivity contribution in [1.82, 2.24) is 4.90 Å². The molecule has 0 heterocycles. The van der Waals surface area contributed by atoms with Crippen molar-refractivity contribution in [2.75, 3.05) is 27.2 Å². The predicted molar refractivity (Wildman–Crippen MR) is 32.1 cm³/mol. The summed E-state index contributed by atoms with van der Waals surface area (Å²) >= 11 is 0. The minimum absolute atomic E-state index is 0.0721. The molecule has 5 nitrogen and oxygen atoms in total. The van der Waals surface area contributed by atoms with Gasteiger partial charge in [0.15, 0.2) is 0 Å². The van der Waals surface area contributed by atoms with Crippen LogP contribution in [0.3, 0.4) is 0 Å². The minimum Gasteiger partial charge on any atom is -0.790 e. The Morgan fingerprint density at radius 3 is 2.30 bits per heavy atom. The molecule has 6 heteroatoms. The van der Waals surface area contributed by atoms with Crippen LogP contribution in [-0.2, 0) is 9.09 Å². The number of phosphoric ester groups is 1. The van der Waals surface area contributed by atoms with E-state index in [1.807, 2.05) is 0 Å². The van der Waals surface area contributed by atoms with Crippen LogP contribution in [0.2, 0.25) is 0 Å². The van der Waals surface area contributed by atoms with E-state index in [2.05, 4.69) is 4.52 Å². The molecule has 0 atom stereocenters. The van der Waals surface area contributed by atoms with E-state index in [1.54, 1.807) is 19.0 Å². The van der Waals surface area contributed by atoms with Gasteiger partial charge in [-0.3, -0.25) is 0 Å². The average Bonchev–Trinajstić information content (AvgIpc) is 1.59. The molecule has 0 aliphatic carbocycles. The smallest absolute Gasteiger partial charge is 0.0645 e. The summed E-state index contributed by atoms with van der Waals surface area (Å²) in [5.41, 5.74) is 0. The van der Waals surface area contributed by atoms with Crippen LogP contribution in [0.15, 0.2) is 0 Å². The van der Waals surface area contributed by atoms with Crippen LogP contribution >= 0.6 is 7.82 Å². The second-order valence-corrected chi connectivity index (χ2v) is 3.24. The van der Waals surface area contributed by atoms with Crippen LogP contribution < -0.4 is 9.79 Å². The van der Waals surface area contributed by atoms with Gasteiger partial charge in [0, 0.05) is 6.54 Å². The maximum Gasteiger partial charge on any atom is 0.0645 e. The Bertz CT molecular complexity index is 131. The number of hydrogen-bond acceptors (Lipinski definition) is 5. The molecular weight excluding hydrogens is 157 g/mol. The summed E-state index contributed by atoms with van der Waals surface area (Å²) in [7, 11) is -1.24. The van der Waals surface area contributed by atoms with E-state index in [9.17, 15) is 14.4 Å². The number of rotatable bonds is 4. The van der Waals surface area contributed by atoms with Gasteiger partial charge in [0.2, 0.25) is 0 Å². The topological polar surface area (TPSA) is 75.7 Å². The lowest BCUT2D eigenvalue weighted by Crippen LogP contribution is -2.22. The fourth-order valence-corrected chi connectivity index (χ4v) is 0.640. The largest absolute Gasteiger partial charge is 0.790 e. The minimum atomic E-state index is -4.75. The van der Waals surface area contributed by atoms with E-state index < -0.39 is 7.82 Å². The van der Waals surface area contributed by atoms with Crippen LogP contribution in [-0.4, -0.2) is 32.1 Å². The highest BCUT2D eigenvalue weighted by Gasteiger charge is 1.92. The molecule has 0 amide bonds. The Morgan fingerprint density at radius 2 is 2.00 bits per heavy atom. The summed E-state index contributed by atoms with van der Waals surface area (Å²) in [6.45, 7) is 0.353. The highest BCUT2D eigenvalue weighted by atomic mass is 31.2. The van der Waals surface area contributed by atoms with Crippen LogP contribution in [0.4, 0.5) is 0 Å². The molecule has 0 aliphatic heterocycles. The number of hydrogen-bond donors (Lipinski definition) is 0. The molecule has 0 unspecified atom stereocenters. The van der Waals surface area contributed by atoms with E-state index in [4.69, 9.17) is 0 Å². The van der Waals surface area contributed by atoms with Crippen molar-refractivity contribution in [3.8, 4) is 0 Å². The number of nitrogens with zero attached hydrogens (tertiary/aromatic N) is 1. The van der Waals surface area contributed by atoms with Crippen LogP contribution in [0.1, 0.15) is 0 Å². The van der Waals surface area contributed by atoms with Gasteiger partial charge in [-0.15, -0.1) is 0 Å². The zero-order chi connectivity index (χ0) is 8.20. The second-order valence-electron chi connectivity index (χ2n) is 2.08. The Balaban J connectivity index is 3.30. The van der Waals surface area contributed by atoms with Crippen molar-refractivity contribution in [2.45, 2.75) is 0 Å². The Kier molecular flexibility index (Phi) is 4.08. The van der Waals surface area contributed by atoms with Gasteiger partial charge in [-0.05, 0) is 14.1 Å². The molecule has 0 radical (unpaired) electrons. The zero-order valence-corrected chi connectivity index (χ0v) is 6.84. The van der Waals surface area contributed by atoms with Crippen molar-refractivity contribution in [2.24, 2.45) is 0 Å². The third-order valence-electron chi connectivity index (χ3n) is 0.788. The Hall–Kier alpha value is 0.0700. The SMILES string of the molecule is CN(C)CCOP(=O)([O-])[O-]. The lowest BCUT2D eigenvalue weighted by Gasteiger charge is -2.28. The molecule has 0 aromatic carbocycles. The molecule has 0 saturated carbocycles. The molecule has 0 fully saturated rings. The van der Waals surface area contributed by atoms with Gasteiger partial charge in [-0.25, -0.2) is 0 Å². The van der Waals surface area contributed by atoms with Gasteiger partial charge in [0.1, 0.15) is 0 Å². The molecular formula is C4H10NO4P-2. The van der Waals surface area contributed by atoms with E-state index in [0.29, 0.717) is 6.54 Å². The van der Waals surface area contributed by atoms with E-state index >= 15 is 0 Å². The van der Waals surface area contributed by atoms with Gasteiger partial charge in [-0.2, -0.15) is 0 Å². The van der Waals surface area contributed by atoms with Gasteiger partial charge in [0.25, 0.3) is 0 Å². The fourth-order valence-electron chi connectivity index (χ4n) is 0.335. The first-order valence-electron chi connectivity index (χ1n) is 2.73. The van der Waals surface area contributed by atoms with Gasteiger partial charge in [-0.1, -0.05) is 0 Å². The number of likely N-dealkylation sites (N-methyl/N-ethyl adjacent to an activating group) is 1. The first-order chi connectivity index (χ1) is 4.42. The third kappa shape index (κ3) is 8.07. The summed E-state index contributed by atoms with van der Waals surface area (Å²) in [6, 6.07) is 0. The summed E-state index contributed by atoms with van der Waals surface area (Å²) in [4.78, 5) is 21.4. The molecule has 10 heavy (non-hydrogen) atoms. The van der Waals surface area contributed by atoms with Gasteiger partial charge >= 0.3 is 0 Å². The third-order valence-corrected chi connectivity index (χ3v) is 1.29. The second kappa shape index (κ2) is 4.05. The zero-order valence-electron chi connectivity index (χ0n) is 5.94. The molecule has 62 valence electrons. The van der Waals surface area contributed by atoms with Crippen LogP contribution in [0, 0.1) is 0 Å². The molecule has 0 spiro atoms. The first kappa shape index (κ1) is 10.1. The molecule has 0 aromatic heterocycles.